The molecule has 18 heavy (non-hydrogen) atoms. The van der Waals surface area contributed by atoms with Crippen LogP contribution in [-0.4, -0.2) is 6.04 Å². The minimum atomic E-state index is -0.0230. The molecule has 0 aliphatic rings. The largest absolute Gasteiger partial charge is 0.366 e. The topological polar surface area (TPSA) is 35.2 Å². The summed E-state index contributed by atoms with van der Waals surface area (Å²) >= 11 is 1.72. The van der Waals surface area contributed by atoms with E-state index in [-0.39, 0.29) is 12.1 Å². The van der Waals surface area contributed by atoms with Crippen LogP contribution < -0.4 is 5.73 Å². The predicted octanol–water partition coefficient (Wildman–Crippen LogP) is 3.66. The van der Waals surface area contributed by atoms with E-state index >= 15 is 0 Å². The van der Waals surface area contributed by atoms with Crippen LogP contribution in [0, 0.1) is 6.92 Å². The maximum Gasteiger partial charge on any atom is 0.107 e. The molecular weight excluding hydrogens is 242 g/mol. The highest BCUT2D eigenvalue weighted by atomic mass is 32.1. The van der Waals surface area contributed by atoms with Gasteiger partial charge in [-0.2, -0.15) is 0 Å². The lowest BCUT2D eigenvalue weighted by molar-refractivity contribution is 0.0279. The maximum atomic E-state index is 6.04. The van der Waals surface area contributed by atoms with Crippen molar-refractivity contribution in [1.82, 2.24) is 0 Å². The van der Waals surface area contributed by atoms with Crippen LogP contribution in [0.1, 0.15) is 29.0 Å². The Kier molecular flexibility index (Phi) is 4.53. The molecule has 2 N–H and O–H groups in total. The molecule has 0 amide bonds. The zero-order valence-corrected chi connectivity index (χ0v) is 11.6. The summed E-state index contributed by atoms with van der Waals surface area (Å²) in [6, 6.07) is 12.3. The van der Waals surface area contributed by atoms with E-state index in [0.29, 0.717) is 6.61 Å². The lowest BCUT2D eigenvalue weighted by atomic mass is 10.1. The lowest BCUT2D eigenvalue weighted by Gasteiger charge is -2.21. The first-order valence-electron chi connectivity index (χ1n) is 6.13. The third-order valence-corrected chi connectivity index (χ3v) is 3.99. The van der Waals surface area contributed by atoms with Gasteiger partial charge < -0.3 is 10.5 Å². The average Bonchev–Trinajstić information content (AvgIpc) is 2.77. The molecule has 1 heterocycles. The van der Waals surface area contributed by atoms with Crippen molar-refractivity contribution in [1.29, 1.82) is 0 Å². The summed E-state index contributed by atoms with van der Waals surface area (Å²) in [5.74, 6) is 0. The highest BCUT2D eigenvalue weighted by molar-refractivity contribution is 7.10. The molecule has 0 saturated heterocycles. The number of rotatable bonds is 5. The smallest absolute Gasteiger partial charge is 0.107 e. The van der Waals surface area contributed by atoms with Crippen molar-refractivity contribution in [2.24, 2.45) is 5.73 Å². The molecule has 0 aliphatic heterocycles. The average molecular weight is 261 g/mol. The molecule has 2 aromatic rings. The van der Waals surface area contributed by atoms with Gasteiger partial charge in [0.2, 0.25) is 0 Å². The Bertz CT molecular complexity index is 478. The molecule has 1 aromatic heterocycles. The fourth-order valence-corrected chi connectivity index (χ4v) is 2.99. The fraction of sp³-hybridized carbons (Fsp3) is 0.333. The monoisotopic (exact) mass is 261 g/mol. The van der Waals surface area contributed by atoms with Crippen LogP contribution in [0.25, 0.3) is 0 Å². The Balaban J connectivity index is 2.06. The van der Waals surface area contributed by atoms with Gasteiger partial charge in [0, 0.05) is 10.9 Å². The van der Waals surface area contributed by atoms with Crippen molar-refractivity contribution >= 4 is 11.3 Å². The second-order valence-corrected chi connectivity index (χ2v) is 5.49. The molecular formula is C15H19NOS. The zero-order chi connectivity index (χ0) is 13.0. The van der Waals surface area contributed by atoms with E-state index in [1.807, 2.05) is 25.1 Å². The van der Waals surface area contributed by atoms with Gasteiger partial charge in [-0.3, -0.25) is 0 Å². The first-order chi connectivity index (χ1) is 8.68. The molecule has 96 valence electrons. The number of aryl methyl sites for hydroxylation is 1. The predicted molar refractivity (Wildman–Crippen MR) is 76.7 cm³/mol. The number of ether oxygens (including phenoxy) is 1. The first-order valence-corrected chi connectivity index (χ1v) is 7.01. The van der Waals surface area contributed by atoms with Gasteiger partial charge in [0.15, 0.2) is 0 Å². The highest BCUT2D eigenvalue weighted by Crippen LogP contribution is 2.29. The quantitative estimate of drug-likeness (QED) is 0.891. The van der Waals surface area contributed by atoms with Gasteiger partial charge in [-0.1, -0.05) is 30.3 Å². The third-order valence-electron chi connectivity index (χ3n) is 2.91. The Morgan fingerprint density at radius 3 is 2.50 bits per heavy atom. The zero-order valence-electron chi connectivity index (χ0n) is 10.8. The van der Waals surface area contributed by atoms with E-state index in [0.717, 1.165) is 0 Å². The maximum absolute atomic E-state index is 6.04. The van der Waals surface area contributed by atoms with Gasteiger partial charge in [0.1, 0.15) is 6.10 Å². The van der Waals surface area contributed by atoms with Crippen molar-refractivity contribution in [3.05, 3.63) is 57.8 Å². The number of hydrogen-bond acceptors (Lipinski definition) is 3. The van der Waals surface area contributed by atoms with Crippen LogP contribution in [0.4, 0.5) is 0 Å². The normalized spacial score (nSPS) is 14.4. The molecule has 2 nitrogen and oxygen atoms in total. The minimum absolute atomic E-state index is 0.00828. The number of nitrogens with two attached hydrogens (primary N) is 1. The van der Waals surface area contributed by atoms with Crippen LogP contribution >= 0.6 is 11.3 Å². The Morgan fingerprint density at radius 2 is 1.94 bits per heavy atom. The van der Waals surface area contributed by atoms with Gasteiger partial charge in [-0.15, -0.1) is 11.3 Å². The molecule has 3 heteroatoms. The summed E-state index contributed by atoms with van der Waals surface area (Å²) in [4.78, 5) is 1.24. The van der Waals surface area contributed by atoms with E-state index in [2.05, 4.69) is 30.5 Å². The van der Waals surface area contributed by atoms with Crippen LogP contribution in [0.5, 0.6) is 0 Å². The standard InChI is InChI=1S/C15H19NOS/c1-11-8-9-18-15(11)14(12(2)16)17-10-13-6-4-3-5-7-13/h3-9,12,14H,10,16H2,1-2H3. The number of thiophene rings is 1. The van der Waals surface area contributed by atoms with Gasteiger partial charge in [-0.25, -0.2) is 0 Å². The molecule has 1 aromatic carbocycles. The minimum Gasteiger partial charge on any atom is -0.366 e. The van der Waals surface area contributed by atoms with Crippen LogP contribution in [0.15, 0.2) is 41.8 Å². The van der Waals surface area contributed by atoms with Crippen LogP contribution in [-0.2, 0) is 11.3 Å². The van der Waals surface area contributed by atoms with Gasteiger partial charge in [0.05, 0.1) is 6.61 Å². The molecule has 0 radical (unpaired) electrons. The molecule has 2 atom stereocenters. The Labute approximate surface area is 112 Å². The van der Waals surface area contributed by atoms with E-state index in [4.69, 9.17) is 10.5 Å². The lowest BCUT2D eigenvalue weighted by Crippen LogP contribution is -2.26. The molecule has 0 aliphatic carbocycles. The van der Waals surface area contributed by atoms with E-state index in [9.17, 15) is 0 Å². The van der Waals surface area contributed by atoms with Crippen molar-refractivity contribution in [3.8, 4) is 0 Å². The summed E-state index contributed by atoms with van der Waals surface area (Å²) in [6.45, 7) is 4.70. The molecule has 0 saturated carbocycles. The summed E-state index contributed by atoms with van der Waals surface area (Å²) in [5, 5.41) is 2.09. The first kappa shape index (κ1) is 13.3. The Morgan fingerprint density at radius 1 is 1.22 bits per heavy atom. The number of hydrogen-bond donors (Lipinski definition) is 1. The van der Waals surface area contributed by atoms with Crippen LogP contribution in [0.2, 0.25) is 0 Å². The Hall–Kier alpha value is -1.16. The molecule has 0 spiro atoms. The molecule has 0 fully saturated rings. The summed E-state index contributed by atoms with van der Waals surface area (Å²) < 4.78 is 6.00. The SMILES string of the molecule is Cc1ccsc1C(OCc1ccccc1)C(C)N. The van der Waals surface area contributed by atoms with Crippen LogP contribution in [0.3, 0.4) is 0 Å². The fourth-order valence-electron chi connectivity index (χ4n) is 1.90. The highest BCUT2D eigenvalue weighted by Gasteiger charge is 2.20. The van der Waals surface area contributed by atoms with Gasteiger partial charge >= 0.3 is 0 Å². The van der Waals surface area contributed by atoms with Gasteiger partial charge in [-0.05, 0) is 36.4 Å². The van der Waals surface area contributed by atoms with Crippen molar-refractivity contribution in [3.63, 3.8) is 0 Å². The van der Waals surface area contributed by atoms with Crippen molar-refractivity contribution in [2.45, 2.75) is 32.6 Å². The van der Waals surface area contributed by atoms with Gasteiger partial charge in [0.25, 0.3) is 0 Å². The molecule has 2 unspecified atom stereocenters. The van der Waals surface area contributed by atoms with E-state index in [1.54, 1.807) is 11.3 Å². The van der Waals surface area contributed by atoms with E-state index in [1.165, 1.54) is 16.0 Å². The molecule has 2 rings (SSSR count). The van der Waals surface area contributed by atoms with Crippen molar-refractivity contribution in [2.75, 3.05) is 0 Å². The summed E-state index contributed by atoms with van der Waals surface area (Å²) in [5.41, 5.74) is 8.48. The van der Waals surface area contributed by atoms with Crippen molar-refractivity contribution < 1.29 is 4.74 Å². The molecule has 0 bridgehead atoms. The summed E-state index contributed by atoms with van der Waals surface area (Å²) in [6.07, 6.45) is -0.0230. The second kappa shape index (κ2) is 6.14. The number of benzene rings is 1. The second-order valence-electron chi connectivity index (χ2n) is 4.54. The third kappa shape index (κ3) is 3.19. The van der Waals surface area contributed by atoms with E-state index < -0.39 is 0 Å². The summed E-state index contributed by atoms with van der Waals surface area (Å²) in [7, 11) is 0.